The monoisotopic (exact) mass is 240 g/mol. The van der Waals surface area contributed by atoms with Crippen molar-refractivity contribution >= 4 is 9.84 Å². The second-order valence-corrected chi connectivity index (χ2v) is 7.01. The second kappa shape index (κ2) is 3.57. The Hall–Kier alpha value is -0.870. The Morgan fingerprint density at radius 3 is 2.19 bits per heavy atom. The van der Waals surface area contributed by atoms with E-state index in [9.17, 15) is 8.42 Å². The van der Waals surface area contributed by atoms with E-state index in [0.29, 0.717) is 4.90 Å². The molecule has 2 unspecified atom stereocenters. The minimum absolute atomic E-state index is 0.197. The van der Waals surface area contributed by atoms with Gasteiger partial charge in [-0.2, -0.15) is 0 Å². The van der Waals surface area contributed by atoms with Crippen LogP contribution in [0.4, 0.5) is 0 Å². The number of sulfone groups is 1. The molecule has 1 fully saturated rings. The molecule has 0 amide bonds. The molecule has 1 heterocycles. The Morgan fingerprint density at radius 1 is 1.25 bits per heavy atom. The van der Waals surface area contributed by atoms with Crippen molar-refractivity contribution in [3.8, 4) is 0 Å². The number of ether oxygens (including phenoxy) is 1. The fourth-order valence-corrected chi connectivity index (χ4v) is 3.62. The number of hydrogen-bond donors (Lipinski definition) is 0. The summed E-state index contributed by atoms with van der Waals surface area (Å²) >= 11 is 0. The summed E-state index contributed by atoms with van der Waals surface area (Å²) in [6.45, 7) is 5.53. The van der Waals surface area contributed by atoms with Gasteiger partial charge in [0.1, 0.15) is 6.10 Å². The Balaban J connectivity index is 2.28. The maximum absolute atomic E-state index is 12.2. The van der Waals surface area contributed by atoms with Crippen LogP contribution in [-0.4, -0.2) is 25.4 Å². The van der Waals surface area contributed by atoms with E-state index in [1.807, 2.05) is 13.8 Å². The topological polar surface area (TPSA) is 46.7 Å². The molecule has 2 atom stereocenters. The van der Waals surface area contributed by atoms with Crippen LogP contribution in [-0.2, 0) is 14.6 Å². The molecule has 4 heteroatoms. The Labute approximate surface area is 96.4 Å². The summed E-state index contributed by atoms with van der Waals surface area (Å²) in [6, 6.07) is 8.53. The molecule has 0 saturated carbocycles. The maximum atomic E-state index is 12.2. The van der Waals surface area contributed by atoms with Gasteiger partial charge in [-0.25, -0.2) is 8.42 Å². The number of rotatable bonds is 3. The highest BCUT2D eigenvalue weighted by molar-refractivity contribution is 7.92. The molecular formula is C12H16O3S. The zero-order valence-corrected chi connectivity index (χ0v) is 10.5. The van der Waals surface area contributed by atoms with Gasteiger partial charge in [-0.05, 0) is 32.9 Å². The average molecular weight is 240 g/mol. The summed E-state index contributed by atoms with van der Waals surface area (Å²) in [5, 5.41) is -0.495. The molecule has 1 aromatic rings. The van der Waals surface area contributed by atoms with Crippen molar-refractivity contribution in [2.75, 3.05) is 0 Å². The first-order valence-electron chi connectivity index (χ1n) is 5.32. The molecule has 1 aliphatic heterocycles. The van der Waals surface area contributed by atoms with Gasteiger partial charge in [0.15, 0.2) is 9.84 Å². The van der Waals surface area contributed by atoms with Crippen LogP contribution >= 0.6 is 0 Å². The van der Waals surface area contributed by atoms with Gasteiger partial charge >= 0.3 is 0 Å². The zero-order chi connectivity index (χ0) is 12.0. The SMILES string of the molecule is CC(C1OC1(C)C)S(=O)(=O)c1ccccc1. The molecule has 0 radical (unpaired) electrons. The Bertz CT molecular complexity index is 476. The molecular weight excluding hydrogens is 224 g/mol. The lowest BCUT2D eigenvalue weighted by Crippen LogP contribution is -2.27. The maximum Gasteiger partial charge on any atom is 0.183 e. The minimum Gasteiger partial charge on any atom is -0.365 e. The molecule has 0 bridgehead atoms. The quantitative estimate of drug-likeness (QED) is 0.759. The molecule has 2 rings (SSSR count). The standard InChI is InChI=1S/C12H16O3S/c1-9(11-12(2,3)15-11)16(13,14)10-7-5-4-6-8-10/h4-9,11H,1-3H3. The first-order chi connectivity index (χ1) is 7.36. The van der Waals surface area contributed by atoms with Gasteiger partial charge in [0.2, 0.25) is 0 Å². The van der Waals surface area contributed by atoms with Crippen LogP contribution in [0.2, 0.25) is 0 Å². The van der Waals surface area contributed by atoms with Crippen molar-refractivity contribution in [1.29, 1.82) is 0 Å². The van der Waals surface area contributed by atoms with E-state index in [1.165, 1.54) is 0 Å². The van der Waals surface area contributed by atoms with Crippen molar-refractivity contribution in [3.05, 3.63) is 30.3 Å². The van der Waals surface area contributed by atoms with E-state index in [4.69, 9.17) is 4.74 Å². The molecule has 3 nitrogen and oxygen atoms in total. The van der Waals surface area contributed by atoms with E-state index in [1.54, 1.807) is 37.3 Å². The predicted molar refractivity (Wildman–Crippen MR) is 62.0 cm³/mol. The summed E-state index contributed by atoms with van der Waals surface area (Å²) < 4.78 is 29.8. The second-order valence-electron chi connectivity index (χ2n) is 4.71. The van der Waals surface area contributed by atoms with Gasteiger partial charge in [-0.15, -0.1) is 0 Å². The lowest BCUT2D eigenvalue weighted by Gasteiger charge is -2.11. The minimum atomic E-state index is -3.27. The van der Waals surface area contributed by atoms with Crippen molar-refractivity contribution < 1.29 is 13.2 Å². The molecule has 0 aromatic heterocycles. The van der Waals surface area contributed by atoms with Crippen molar-refractivity contribution in [1.82, 2.24) is 0 Å². The summed E-state index contributed by atoms with van der Waals surface area (Å²) in [5.41, 5.74) is -0.304. The number of benzene rings is 1. The number of hydrogen-bond acceptors (Lipinski definition) is 3. The summed E-state index contributed by atoms with van der Waals surface area (Å²) in [6.07, 6.45) is -0.197. The van der Waals surface area contributed by atoms with E-state index >= 15 is 0 Å². The highest BCUT2D eigenvalue weighted by Gasteiger charge is 2.54. The van der Waals surface area contributed by atoms with Crippen LogP contribution < -0.4 is 0 Å². The molecule has 1 saturated heterocycles. The molecule has 0 aliphatic carbocycles. The molecule has 16 heavy (non-hydrogen) atoms. The van der Waals surface area contributed by atoms with Crippen molar-refractivity contribution in [2.45, 2.75) is 42.6 Å². The highest BCUT2D eigenvalue weighted by atomic mass is 32.2. The van der Waals surface area contributed by atoms with Gasteiger partial charge < -0.3 is 4.74 Å². The lowest BCUT2D eigenvalue weighted by atomic mass is 10.1. The van der Waals surface area contributed by atoms with Crippen LogP contribution in [0.15, 0.2) is 35.2 Å². The lowest BCUT2D eigenvalue weighted by molar-refractivity contribution is 0.322. The van der Waals surface area contributed by atoms with Gasteiger partial charge in [-0.3, -0.25) is 0 Å². The van der Waals surface area contributed by atoms with E-state index in [2.05, 4.69) is 0 Å². The first-order valence-corrected chi connectivity index (χ1v) is 6.87. The highest BCUT2D eigenvalue weighted by Crippen LogP contribution is 2.41. The van der Waals surface area contributed by atoms with Crippen LogP contribution in [0.3, 0.4) is 0 Å². The van der Waals surface area contributed by atoms with Gasteiger partial charge in [0.25, 0.3) is 0 Å². The zero-order valence-electron chi connectivity index (χ0n) is 9.67. The molecule has 0 N–H and O–H groups in total. The van der Waals surface area contributed by atoms with Crippen LogP contribution in [0.1, 0.15) is 20.8 Å². The van der Waals surface area contributed by atoms with Gasteiger partial charge in [0, 0.05) is 0 Å². The Kier molecular flexibility index (Phi) is 2.59. The fraction of sp³-hybridized carbons (Fsp3) is 0.500. The number of epoxide rings is 1. The van der Waals surface area contributed by atoms with Gasteiger partial charge in [-0.1, -0.05) is 18.2 Å². The van der Waals surface area contributed by atoms with E-state index < -0.39 is 15.1 Å². The summed E-state index contributed by atoms with van der Waals surface area (Å²) in [7, 11) is -3.27. The summed E-state index contributed by atoms with van der Waals surface area (Å²) in [4.78, 5) is 0.369. The molecule has 1 aliphatic rings. The average Bonchev–Trinajstić information content (AvgIpc) is 2.88. The summed E-state index contributed by atoms with van der Waals surface area (Å²) in [5.74, 6) is 0. The van der Waals surface area contributed by atoms with E-state index in [0.717, 1.165) is 0 Å². The van der Waals surface area contributed by atoms with Gasteiger partial charge in [0.05, 0.1) is 15.7 Å². The van der Waals surface area contributed by atoms with Crippen molar-refractivity contribution in [3.63, 3.8) is 0 Å². The molecule has 88 valence electrons. The third-order valence-electron chi connectivity index (χ3n) is 3.05. The third kappa shape index (κ3) is 1.87. The fourth-order valence-electron chi connectivity index (χ4n) is 1.94. The van der Waals surface area contributed by atoms with E-state index in [-0.39, 0.29) is 11.7 Å². The molecule has 0 spiro atoms. The largest absolute Gasteiger partial charge is 0.365 e. The Morgan fingerprint density at radius 2 is 1.75 bits per heavy atom. The smallest absolute Gasteiger partial charge is 0.183 e. The van der Waals surface area contributed by atoms with Crippen LogP contribution in [0, 0.1) is 0 Å². The molecule has 1 aromatic carbocycles. The van der Waals surface area contributed by atoms with Crippen LogP contribution in [0.25, 0.3) is 0 Å². The van der Waals surface area contributed by atoms with Crippen molar-refractivity contribution in [2.24, 2.45) is 0 Å². The normalized spacial score (nSPS) is 25.1. The predicted octanol–water partition coefficient (Wildman–Crippen LogP) is 2.03. The third-order valence-corrected chi connectivity index (χ3v) is 5.20. The first kappa shape index (κ1) is 11.6. The van der Waals surface area contributed by atoms with Crippen LogP contribution in [0.5, 0.6) is 0 Å².